The Morgan fingerprint density at radius 3 is 2.55 bits per heavy atom. The van der Waals surface area contributed by atoms with Crippen molar-refractivity contribution in [3.63, 3.8) is 0 Å². The van der Waals surface area contributed by atoms with Gasteiger partial charge in [-0.25, -0.2) is 4.98 Å². The zero-order valence-electron chi connectivity index (χ0n) is 19.2. The second kappa shape index (κ2) is 9.61. The van der Waals surface area contributed by atoms with E-state index in [0.29, 0.717) is 16.6 Å². The topological polar surface area (TPSA) is 66.1 Å². The number of nitrogens with one attached hydrogen (secondary N) is 1. The summed E-state index contributed by atoms with van der Waals surface area (Å²) in [5.41, 5.74) is 4.40. The first-order valence-electron chi connectivity index (χ1n) is 10.8. The third-order valence-corrected chi connectivity index (χ3v) is 7.38. The molecule has 170 valence electrons. The molecule has 1 aromatic heterocycles. The number of thioether (sulfide) groups is 2. The lowest BCUT2D eigenvalue weighted by Gasteiger charge is -2.41. The van der Waals surface area contributed by atoms with Gasteiger partial charge in [0.1, 0.15) is 0 Å². The monoisotopic (exact) mass is 477 g/mol. The summed E-state index contributed by atoms with van der Waals surface area (Å²) in [6.07, 6.45) is 2.13. The Kier molecular flexibility index (Phi) is 6.81. The first-order chi connectivity index (χ1) is 15.7. The van der Waals surface area contributed by atoms with E-state index in [4.69, 9.17) is 0 Å². The predicted molar refractivity (Wildman–Crippen MR) is 138 cm³/mol. The largest absolute Gasteiger partial charge is 0.302 e. The number of benzene rings is 2. The van der Waals surface area contributed by atoms with E-state index >= 15 is 0 Å². The van der Waals surface area contributed by atoms with Crippen molar-refractivity contribution < 1.29 is 4.79 Å². The van der Waals surface area contributed by atoms with Crippen LogP contribution in [0.1, 0.15) is 37.6 Å². The lowest BCUT2D eigenvalue weighted by molar-refractivity contribution is -0.116. The summed E-state index contributed by atoms with van der Waals surface area (Å²) in [4.78, 5) is 35.8. The Morgan fingerprint density at radius 1 is 1.06 bits per heavy atom. The van der Waals surface area contributed by atoms with Crippen LogP contribution in [0.2, 0.25) is 0 Å². The zero-order valence-corrected chi connectivity index (χ0v) is 20.8. The second-order valence-electron chi connectivity index (χ2n) is 8.66. The van der Waals surface area contributed by atoms with E-state index in [9.17, 15) is 9.59 Å². The van der Waals surface area contributed by atoms with Gasteiger partial charge in [0, 0.05) is 22.3 Å². The molecule has 0 fully saturated rings. The van der Waals surface area contributed by atoms with Gasteiger partial charge in [0.05, 0.1) is 22.7 Å². The van der Waals surface area contributed by atoms with Gasteiger partial charge in [0.2, 0.25) is 5.91 Å². The van der Waals surface area contributed by atoms with E-state index in [1.807, 2.05) is 43.0 Å². The lowest BCUT2D eigenvalue weighted by Crippen LogP contribution is -2.49. The Balaban J connectivity index is 1.47. The number of fused-ring (bicyclic) bond motifs is 1. The van der Waals surface area contributed by atoms with Gasteiger partial charge in [0.15, 0.2) is 5.16 Å². The number of amides is 1. The summed E-state index contributed by atoms with van der Waals surface area (Å²) in [6, 6.07) is 17.7. The number of hydrogen-bond acceptors (Lipinski definition) is 5. The second-order valence-corrected chi connectivity index (χ2v) is 10.7. The van der Waals surface area contributed by atoms with Gasteiger partial charge in [0.25, 0.3) is 5.56 Å². The van der Waals surface area contributed by atoms with Gasteiger partial charge in [-0.15, -0.1) is 11.8 Å². The van der Waals surface area contributed by atoms with Crippen molar-refractivity contribution >= 4 is 40.7 Å². The van der Waals surface area contributed by atoms with Crippen LogP contribution < -0.4 is 10.5 Å². The van der Waals surface area contributed by atoms with Gasteiger partial charge in [-0.05, 0) is 51.5 Å². The van der Waals surface area contributed by atoms with Crippen LogP contribution in [-0.2, 0) is 10.5 Å². The minimum atomic E-state index is -0.441. The molecule has 7 heteroatoms. The summed E-state index contributed by atoms with van der Waals surface area (Å²) < 4.78 is 0. The van der Waals surface area contributed by atoms with Crippen LogP contribution >= 0.6 is 23.5 Å². The molecular formula is C26H27N3O2S2. The molecule has 4 rings (SSSR count). The minimum Gasteiger partial charge on any atom is -0.302 e. The number of aromatic nitrogens is 2. The van der Waals surface area contributed by atoms with E-state index in [2.05, 4.69) is 54.2 Å². The molecule has 0 atom stereocenters. The van der Waals surface area contributed by atoms with Gasteiger partial charge >= 0.3 is 0 Å². The Hall–Kier alpha value is -2.77. The van der Waals surface area contributed by atoms with Crippen molar-refractivity contribution in [1.29, 1.82) is 0 Å². The first-order valence-corrected chi connectivity index (χ1v) is 12.7. The SMILES string of the molecule is CC1=CC(C)(C)N(C(=O)CSc2nc(CSc3ccc(C)cc3)cc(=O)[nH]2)c2ccccc21. The molecule has 5 nitrogen and oxygen atoms in total. The van der Waals surface area contributed by atoms with Crippen LogP contribution in [0, 0.1) is 6.92 Å². The smallest absolute Gasteiger partial charge is 0.251 e. The fraction of sp³-hybridized carbons (Fsp3) is 0.269. The number of para-hydroxylation sites is 1. The number of carbonyl (C=O) groups excluding carboxylic acids is 1. The maximum absolute atomic E-state index is 13.3. The number of carbonyl (C=O) groups is 1. The quantitative estimate of drug-likeness (QED) is 0.365. The molecule has 0 bridgehead atoms. The minimum absolute atomic E-state index is 0.0247. The summed E-state index contributed by atoms with van der Waals surface area (Å²) in [5.74, 6) is 0.746. The number of hydrogen-bond donors (Lipinski definition) is 1. The predicted octanol–water partition coefficient (Wildman–Crippen LogP) is 5.69. The molecule has 0 aliphatic carbocycles. The molecular weight excluding hydrogens is 450 g/mol. The molecule has 1 aliphatic heterocycles. The number of anilines is 1. The highest BCUT2D eigenvalue weighted by atomic mass is 32.2. The number of nitrogens with zero attached hydrogens (tertiary/aromatic N) is 2. The van der Waals surface area contributed by atoms with E-state index < -0.39 is 5.54 Å². The van der Waals surface area contributed by atoms with E-state index in [1.54, 1.807) is 11.8 Å². The molecule has 0 saturated heterocycles. The summed E-state index contributed by atoms with van der Waals surface area (Å²) in [7, 11) is 0. The molecule has 1 aliphatic rings. The highest BCUT2D eigenvalue weighted by Crippen LogP contribution is 2.39. The average Bonchev–Trinajstić information content (AvgIpc) is 2.76. The van der Waals surface area contributed by atoms with Crippen molar-refractivity contribution in [3.8, 4) is 0 Å². The molecule has 1 N–H and O–H groups in total. The Labute approximate surface area is 202 Å². The highest BCUT2D eigenvalue weighted by molar-refractivity contribution is 7.99. The van der Waals surface area contributed by atoms with E-state index in [-0.39, 0.29) is 17.2 Å². The highest BCUT2D eigenvalue weighted by Gasteiger charge is 2.35. The van der Waals surface area contributed by atoms with Crippen molar-refractivity contribution in [2.75, 3.05) is 10.7 Å². The third kappa shape index (κ3) is 5.42. The molecule has 3 aromatic rings. The number of aryl methyl sites for hydroxylation is 1. The fourth-order valence-corrected chi connectivity index (χ4v) is 5.59. The lowest BCUT2D eigenvalue weighted by atomic mass is 9.89. The number of rotatable bonds is 6. The van der Waals surface area contributed by atoms with Crippen molar-refractivity contribution in [2.45, 2.75) is 49.0 Å². The molecule has 0 saturated carbocycles. The molecule has 0 spiro atoms. The van der Waals surface area contributed by atoms with Gasteiger partial charge in [-0.2, -0.15) is 0 Å². The number of H-pyrrole nitrogens is 1. The third-order valence-electron chi connectivity index (χ3n) is 5.48. The first kappa shape index (κ1) is 23.4. The van der Waals surface area contributed by atoms with Gasteiger partial charge in [-0.3, -0.25) is 9.59 Å². The van der Waals surface area contributed by atoms with Gasteiger partial charge in [-0.1, -0.05) is 53.7 Å². The maximum atomic E-state index is 13.3. The number of allylic oxidation sites excluding steroid dienone is 1. The number of aromatic amines is 1. The van der Waals surface area contributed by atoms with Gasteiger partial charge < -0.3 is 9.88 Å². The van der Waals surface area contributed by atoms with Crippen molar-refractivity contribution in [3.05, 3.63) is 87.8 Å². The van der Waals surface area contributed by atoms with Crippen molar-refractivity contribution in [2.24, 2.45) is 0 Å². The Bertz CT molecular complexity index is 1260. The molecule has 1 amide bonds. The molecule has 0 radical (unpaired) electrons. The van der Waals surface area contributed by atoms with E-state index in [0.717, 1.165) is 21.7 Å². The fourth-order valence-electron chi connectivity index (χ4n) is 4.05. The summed E-state index contributed by atoms with van der Waals surface area (Å²) in [5, 5.41) is 0.463. The average molecular weight is 478 g/mol. The zero-order chi connectivity index (χ0) is 23.6. The molecule has 33 heavy (non-hydrogen) atoms. The van der Waals surface area contributed by atoms with Crippen LogP contribution in [0.3, 0.4) is 0 Å². The summed E-state index contributed by atoms with van der Waals surface area (Å²) >= 11 is 2.90. The van der Waals surface area contributed by atoms with Crippen LogP contribution in [0.5, 0.6) is 0 Å². The molecule has 2 heterocycles. The van der Waals surface area contributed by atoms with Crippen LogP contribution in [0.4, 0.5) is 5.69 Å². The van der Waals surface area contributed by atoms with Crippen LogP contribution in [0.25, 0.3) is 5.57 Å². The summed E-state index contributed by atoms with van der Waals surface area (Å²) in [6.45, 7) is 8.21. The normalized spacial score (nSPS) is 14.5. The van der Waals surface area contributed by atoms with Crippen molar-refractivity contribution in [1.82, 2.24) is 9.97 Å². The Morgan fingerprint density at radius 2 is 1.79 bits per heavy atom. The van der Waals surface area contributed by atoms with Crippen LogP contribution in [0.15, 0.2) is 75.5 Å². The molecule has 0 unspecified atom stereocenters. The maximum Gasteiger partial charge on any atom is 0.251 e. The molecule has 2 aromatic carbocycles. The standard InChI is InChI=1S/C26H27N3O2S2/c1-17-9-11-20(12-10-17)32-15-19-13-23(30)28-25(27-19)33-16-24(31)29-22-8-6-5-7-21(22)18(2)14-26(29,3)4/h5-14H,15-16H2,1-4H3,(H,27,28,30). The van der Waals surface area contributed by atoms with E-state index in [1.165, 1.54) is 23.4 Å². The van der Waals surface area contributed by atoms with Crippen LogP contribution in [-0.4, -0.2) is 27.2 Å².